The molecule has 2 aromatic carbocycles. The lowest BCUT2D eigenvalue weighted by Crippen LogP contribution is -2.39. The lowest BCUT2D eigenvalue weighted by atomic mass is 10.0. The molecule has 156 valence electrons. The number of rotatable bonds is 6. The van der Waals surface area contributed by atoms with E-state index in [4.69, 9.17) is 0 Å². The molecule has 0 aliphatic carbocycles. The predicted octanol–water partition coefficient (Wildman–Crippen LogP) is 3.85. The molecular weight excluding hydrogens is 408 g/mol. The van der Waals surface area contributed by atoms with E-state index in [2.05, 4.69) is 15.6 Å². The molecule has 1 unspecified atom stereocenters. The number of carbonyl (C=O) groups is 2. The highest BCUT2D eigenvalue weighted by atomic mass is 32.1. The average Bonchev–Trinajstić information content (AvgIpc) is 3.08. The van der Waals surface area contributed by atoms with Gasteiger partial charge in [0.25, 0.3) is 0 Å². The van der Waals surface area contributed by atoms with Crippen LogP contribution in [-0.4, -0.2) is 23.8 Å². The Labute approximate surface area is 177 Å². The molecule has 3 rings (SSSR count). The van der Waals surface area contributed by atoms with E-state index in [-0.39, 0.29) is 12.0 Å². The van der Waals surface area contributed by atoms with Crippen LogP contribution in [0.15, 0.2) is 42.5 Å². The van der Waals surface area contributed by atoms with Gasteiger partial charge in [0, 0.05) is 17.5 Å². The van der Waals surface area contributed by atoms with Crippen molar-refractivity contribution < 1.29 is 18.4 Å². The lowest BCUT2D eigenvalue weighted by molar-refractivity contribution is -0.128. The van der Waals surface area contributed by atoms with E-state index in [9.17, 15) is 18.4 Å². The number of carbonyl (C=O) groups excluding carboxylic acids is 2. The first kappa shape index (κ1) is 21.6. The molecule has 1 aromatic heterocycles. The van der Waals surface area contributed by atoms with Gasteiger partial charge >= 0.3 is 0 Å². The summed E-state index contributed by atoms with van der Waals surface area (Å²) in [5.74, 6) is -3.07. The van der Waals surface area contributed by atoms with Gasteiger partial charge in [0.15, 0.2) is 11.6 Å². The normalized spacial score (nSPS) is 11.8. The molecule has 1 atom stereocenters. The Morgan fingerprint density at radius 2 is 1.77 bits per heavy atom. The van der Waals surface area contributed by atoms with Crippen LogP contribution < -0.4 is 10.6 Å². The predicted molar refractivity (Wildman–Crippen MR) is 112 cm³/mol. The van der Waals surface area contributed by atoms with E-state index >= 15 is 0 Å². The van der Waals surface area contributed by atoms with Crippen molar-refractivity contribution in [3.8, 4) is 11.3 Å². The van der Waals surface area contributed by atoms with E-state index in [1.807, 2.05) is 38.1 Å². The van der Waals surface area contributed by atoms with Crippen LogP contribution in [-0.2, 0) is 16.0 Å². The number of hydrogen-bond acceptors (Lipinski definition) is 4. The quantitative estimate of drug-likeness (QED) is 0.625. The van der Waals surface area contributed by atoms with Gasteiger partial charge in [0.05, 0.1) is 17.1 Å². The second-order valence-electron chi connectivity index (χ2n) is 6.84. The Morgan fingerprint density at radius 1 is 1.07 bits per heavy atom. The number of hydrogen-bond donors (Lipinski definition) is 2. The van der Waals surface area contributed by atoms with E-state index in [0.29, 0.717) is 0 Å². The smallest absolute Gasteiger partial charge is 0.246 e. The number of nitrogens with one attached hydrogen (secondary N) is 2. The molecule has 1 heterocycles. The van der Waals surface area contributed by atoms with Crippen molar-refractivity contribution >= 4 is 23.2 Å². The summed E-state index contributed by atoms with van der Waals surface area (Å²) < 4.78 is 26.9. The molecule has 0 bridgehead atoms. The van der Waals surface area contributed by atoms with Crippen LogP contribution in [0.25, 0.3) is 11.3 Å². The summed E-state index contributed by atoms with van der Waals surface area (Å²) in [5, 5.41) is 5.87. The minimum Gasteiger partial charge on any atom is -0.357 e. The number of aromatic nitrogens is 1. The summed E-state index contributed by atoms with van der Waals surface area (Å²) in [5.41, 5.74) is 2.89. The van der Waals surface area contributed by atoms with Crippen molar-refractivity contribution in [2.75, 3.05) is 7.05 Å². The zero-order valence-electron chi connectivity index (χ0n) is 16.8. The molecule has 0 radical (unpaired) electrons. The maximum absolute atomic E-state index is 13.6. The van der Waals surface area contributed by atoms with Crippen molar-refractivity contribution in [3.63, 3.8) is 0 Å². The molecule has 0 spiro atoms. The number of amides is 2. The van der Waals surface area contributed by atoms with Crippen molar-refractivity contribution in [1.29, 1.82) is 0 Å². The molecule has 5 nitrogen and oxygen atoms in total. The van der Waals surface area contributed by atoms with Crippen LogP contribution in [0.2, 0.25) is 0 Å². The standard InChI is InChI=1S/C22H21F2N3O2S/c1-12-4-6-14(7-5-12)20-18(30-13(2)26-20)11-19(28)27-21(22(29)25-3)15-8-9-16(23)17(24)10-15/h4-10,21H,11H2,1-3H3,(H,25,29)(H,27,28). The molecule has 8 heteroatoms. The third-order valence-electron chi connectivity index (χ3n) is 4.54. The Morgan fingerprint density at radius 3 is 2.40 bits per heavy atom. The molecular formula is C22H21F2N3O2S. The van der Waals surface area contributed by atoms with Gasteiger partial charge in [0.1, 0.15) is 6.04 Å². The summed E-state index contributed by atoms with van der Waals surface area (Å²) >= 11 is 1.40. The molecule has 0 aliphatic rings. The number of halogens is 2. The number of likely N-dealkylation sites (N-methyl/N-ethyl adjacent to an activating group) is 1. The second-order valence-corrected chi connectivity index (χ2v) is 8.12. The van der Waals surface area contributed by atoms with E-state index in [0.717, 1.165) is 38.8 Å². The Hall–Kier alpha value is -3.13. The maximum atomic E-state index is 13.6. The van der Waals surface area contributed by atoms with Gasteiger partial charge in [0.2, 0.25) is 11.8 Å². The van der Waals surface area contributed by atoms with Crippen LogP contribution in [0, 0.1) is 25.5 Å². The van der Waals surface area contributed by atoms with Crippen LogP contribution in [0.3, 0.4) is 0 Å². The fraction of sp³-hybridized carbons (Fsp3) is 0.227. The summed E-state index contributed by atoms with van der Waals surface area (Å²) in [6.07, 6.45) is 0.00584. The highest BCUT2D eigenvalue weighted by Crippen LogP contribution is 2.29. The minimum absolute atomic E-state index is 0.00584. The third kappa shape index (κ3) is 4.88. The third-order valence-corrected chi connectivity index (χ3v) is 5.51. The number of aryl methyl sites for hydroxylation is 2. The molecule has 2 amide bonds. The molecule has 0 fully saturated rings. The van der Waals surface area contributed by atoms with E-state index in [1.54, 1.807) is 0 Å². The van der Waals surface area contributed by atoms with Gasteiger partial charge in [-0.2, -0.15) is 0 Å². The van der Waals surface area contributed by atoms with Crippen molar-refractivity contribution in [2.24, 2.45) is 0 Å². The van der Waals surface area contributed by atoms with Gasteiger partial charge in [-0.15, -0.1) is 11.3 Å². The second kappa shape index (κ2) is 9.13. The van der Waals surface area contributed by atoms with Gasteiger partial charge in [-0.1, -0.05) is 35.9 Å². The molecule has 30 heavy (non-hydrogen) atoms. The highest BCUT2D eigenvalue weighted by molar-refractivity contribution is 7.12. The fourth-order valence-electron chi connectivity index (χ4n) is 3.02. The monoisotopic (exact) mass is 429 g/mol. The van der Waals surface area contributed by atoms with E-state index < -0.39 is 29.5 Å². The molecule has 0 saturated carbocycles. The summed E-state index contributed by atoms with van der Waals surface area (Å²) in [4.78, 5) is 30.3. The number of benzene rings is 2. The topological polar surface area (TPSA) is 71.1 Å². The van der Waals surface area contributed by atoms with Gasteiger partial charge in [-0.05, 0) is 31.5 Å². The molecule has 3 aromatic rings. The van der Waals surface area contributed by atoms with Crippen molar-refractivity contribution in [3.05, 3.63) is 75.1 Å². The Balaban J connectivity index is 1.83. The SMILES string of the molecule is CNC(=O)C(NC(=O)Cc1sc(C)nc1-c1ccc(C)cc1)c1ccc(F)c(F)c1. The first-order valence-corrected chi connectivity index (χ1v) is 10.1. The van der Waals surface area contributed by atoms with Crippen molar-refractivity contribution in [1.82, 2.24) is 15.6 Å². The van der Waals surface area contributed by atoms with Crippen molar-refractivity contribution in [2.45, 2.75) is 26.3 Å². The number of thiazole rings is 1. The zero-order valence-corrected chi connectivity index (χ0v) is 17.6. The summed E-state index contributed by atoms with van der Waals surface area (Å²) in [7, 11) is 1.41. The molecule has 0 saturated heterocycles. The zero-order chi connectivity index (χ0) is 21.8. The first-order valence-electron chi connectivity index (χ1n) is 9.27. The highest BCUT2D eigenvalue weighted by Gasteiger charge is 2.24. The maximum Gasteiger partial charge on any atom is 0.246 e. The van der Waals surface area contributed by atoms with Crippen LogP contribution >= 0.6 is 11.3 Å². The largest absolute Gasteiger partial charge is 0.357 e. The van der Waals surface area contributed by atoms with Crippen LogP contribution in [0.4, 0.5) is 8.78 Å². The Bertz CT molecular complexity index is 1080. The van der Waals surface area contributed by atoms with Gasteiger partial charge in [-0.3, -0.25) is 9.59 Å². The van der Waals surface area contributed by atoms with Crippen LogP contribution in [0.1, 0.15) is 27.1 Å². The van der Waals surface area contributed by atoms with Gasteiger partial charge in [-0.25, -0.2) is 13.8 Å². The Kier molecular flexibility index (Phi) is 6.56. The minimum atomic E-state index is -1.14. The summed E-state index contributed by atoms with van der Waals surface area (Å²) in [6.45, 7) is 3.85. The van der Waals surface area contributed by atoms with E-state index in [1.165, 1.54) is 24.5 Å². The van der Waals surface area contributed by atoms with Gasteiger partial charge < -0.3 is 10.6 Å². The lowest BCUT2D eigenvalue weighted by Gasteiger charge is -2.18. The number of nitrogens with zero attached hydrogens (tertiary/aromatic N) is 1. The van der Waals surface area contributed by atoms with Crippen LogP contribution in [0.5, 0.6) is 0 Å². The first-order chi connectivity index (χ1) is 14.3. The average molecular weight is 429 g/mol. The fourth-order valence-corrected chi connectivity index (χ4v) is 3.98. The molecule has 0 aliphatic heterocycles. The molecule has 2 N–H and O–H groups in total. The summed E-state index contributed by atoms with van der Waals surface area (Å²) in [6, 6.07) is 9.79.